The van der Waals surface area contributed by atoms with Gasteiger partial charge in [0.2, 0.25) is 0 Å². The summed E-state index contributed by atoms with van der Waals surface area (Å²) in [7, 11) is 1.65. The molecule has 0 bridgehead atoms. The summed E-state index contributed by atoms with van der Waals surface area (Å²) in [6.45, 7) is 3.24. The van der Waals surface area contributed by atoms with E-state index in [4.69, 9.17) is 25.8 Å². The lowest BCUT2D eigenvalue weighted by Gasteiger charge is -2.16. The number of unbranched alkanes of at least 4 members (excludes halogenated alkanes) is 2. The van der Waals surface area contributed by atoms with Gasteiger partial charge >= 0.3 is 0 Å². The van der Waals surface area contributed by atoms with E-state index in [0.29, 0.717) is 24.8 Å². The fraction of sp³-hybridized carbons (Fsp3) is 0.444. The highest BCUT2D eigenvalue weighted by Crippen LogP contribution is 2.41. The van der Waals surface area contributed by atoms with Crippen LogP contribution in [-0.2, 0) is 0 Å². The fourth-order valence-electron chi connectivity index (χ4n) is 2.41. The van der Waals surface area contributed by atoms with Gasteiger partial charge in [-0.25, -0.2) is 0 Å². The number of hydrogen-bond donors (Lipinski definition) is 0. The Kier molecular flexibility index (Phi) is 6.66. The Balaban J connectivity index is 2.27. The maximum atomic E-state index is 5.96. The standard InChI is InChI=1S/C18H23ClO3/c1-3-21-18-15-10-6-5-9-14(15)16(13-17(18)20-2)22-12-8-4-7-11-19/h5-6,9-10,13H,3-4,7-8,11-12H2,1-2H3. The van der Waals surface area contributed by atoms with Gasteiger partial charge in [0.15, 0.2) is 11.5 Å². The molecule has 0 aliphatic heterocycles. The third-order valence-corrected chi connectivity index (χ3v) is 3.73. The van der Waals surface area contributed by atoms with Gasteiger partial charge in [-0.3, -0.25) is 0 Å². The number of rotatable bonds is 9. The van der Waals surface area contributed by atoms with Crippen LogP contribution in [0.15, 0.2) is 30.3 Å². The summed E-state index contributed by atoms with van der Waals surface area (Å²) < 4.78 is 17.2. The molecule has 22 heavy (non-hydrogen) atoms. The van der Waals surface area contributed by atoms with Gasteiger partial charge in [-0.15, -0.1) is 11.6 Å². The molecule has 2 rings (SSSR count). The molecule has 0 saturated carbocycles. The molecule has 0 amide bonds. The van der Waals surface area contributed by atoms with E-state index < -0.39 is 0 Å². The first-order valence-corrected chi connectivity index (χ1v) is 8.26. The average molecular weight is 323 g/mol. The van der Waals surface area contributed by atoms with Crippen molar-refractivity contribution in [3.05, 3.63) is 30.3 Å². The number of fused-ring (bicyclic) bond motifs is 1. The highest BCUT2D eigenvalue weighted by molar-refractivity contribution is 6.17. The fourth-order valence-corrected chi connectivity index (χ4v) is 2.60. The van der Waals surface area contributed by atoms with Crippen molar-refractivity contribution in [2.24, 2.45) is 0 Å². The second-order valence-corrected chi connectivity index (χ2v) is 5.36. The van der Waals surface area contributed by atoms with Crippen molar-refractivity contribution in [2.75, 3.05) is 26.2 Å². The minimum atomic E-state index is 0.596. The van der Waals surface area contributed by atoms with Gasteiger partial charge in [0.05, 0.1) is 20.3 Å². The summed E-state index contributed by atoms with van der Waals surface area (Å²) in [6.07, 6.45) is 3.10. The van der Waals surface area contributed by atoms with E-state index in [1.165, 1.54) is 0 Å². The number of ether oxygens (including phenoxy) is 3. The molecule has 3 nitrogen and oxygen atoms in total. The van der Waals surface area contributed by atoms with Crippen molar-refractivity contribution in [2.45, 2.75) is 26.2 Å². The normalized spacial score (nSPS) is 10.7. The van der Waals surface area contributed by atoms with Gasteiger partial charge in [0.1, 0.15) is 5.75 Å². The van der Waals surface area contributed by atoms with E-state index in [1.807, 2.05) is 37.3 Å². The van der Waals surface area contributed by atoms with Gasteiger partial charge in [-0.2, -0.15) is 0 Å². The lowest BCUT2D eigenvalue weighted by atomic mass is 10.1. The average Bonchev–Trinajstić information content (AvgIpc) is 2.56. The number of methoxy groups -OCH3 is 1. The van der Waals surface area contributed by atoms with Crippen LogP contribution >= 0.6 is 11.6 Å². The molecule has 0 atom stereocenters. The molecule has 0 heterocycles. The number of benzene rings is 2. The van der Waals surface area contributed by atoms with Gasteiger partial charge in [-0.05, 0) is 26.2 Å². The van der Waals surface area contributed by atoms with E-state index >= 15 is 0 Å². The molecule has 0 fully saturated rings. The van der Waals surface area contributed by atoms with E-state index in [-0.39, 0.29) is 0 Å². The molecule has 0 unspecified atom stereocenters. The second kappa shape index (κ2) is 8.74. The molecule has 120 valence electrons. The summed E-state index contributed by atoms with van der Waals surface area (Å²) in [4.78, 5) is 0. The number of halogens is 1. The zero-order chi connectivity index (χ0) is 15.8. The Bertz CT molecular complexity index is 598. The Morgan fingerprint density at radius 1 is 0.955 bits per heavy atom. The largest absolute Gasteiger partial charge is 0.493 e. The van der Waals surface area contributed by atoms with Crippen molar-refractivity contribution in [3.63, 3.8) is 0 Å². The zero-order valence-corrected chi connectivity index (χ0v) is 14.0. The minimum absolute atomic E-state index is 0.596. The molecule has 0 spiro atoms. The van der Waals surface area contributed by atoms with Crippen LogP contribution in [0.5, 0.6) is 17.2 Å². The minimum Gasteiger partial charge on any atom is -0.493 e. The lowest BCUT2D eigenvalue weighted by molar-refractivity contribution is 0.299. The Morgan fingerprint density at radius 3 is 2.41 bits per heavy atom. The van der Waals surface area contributed by atoms with Crippen molar-refractivity contribution in [3.8, 4) is 17.2 Å². The van der Waals surface area contributed by atoms with Crippen LogP contribution in [0, 0.1) is 0 Å². The third-order valence-electron chi connectivity index (χ3n) is 3.47. The number of hydrogen-bond acceptors (Lipinski definition) is 3. The Labute approximate surface area is 137 Å². The predicted molar refractivity (Wildman–Crippen MR) is 91.7 cm³/mol. The summed E-state index contributed by atoms with van der Waals surface area (Å²) >= 11 is 5.69. The van der Waals surface area contributed by atoms with Gasteiger partial charge < -0.3 is 14.2 Å². The van der Waals surface area contributed by atoms with Crippen molar-refractivity contribution in [1.82, 2.24) is 0 Å². The van der Waals surface area contributed by atoms with Crippen molar-refractivity contribution >= 4 is 22.4 Å². The highest BCUT2D eigenvalue weighted by Gasteiger charge is 2.14. The topological polar surface area (TPSA) is 27.7 Å². The second-order valence-electron chi connectivity index (χ2n) is 4.98. The molecule has 0 saturated heterocycles. The summed E-state index contributed by atoms with van der Waals surface area (Å²) in [5, 5.41) is 2.06. The van der Waals surface area contributed by atoms with E-state index in [2.05, 4.69) is 0 Å². The molecular weight excluding hydrogens is 300 g/mol. The molecule has 4 heteroatoms. The third kappa shape index (κ3) is 3.98. The quantitative estimate of drug-likeness (QED) is 0.478. The predicted octanol–water partition coefficient (Wildman–Crippen LogP) is 5.04. The maximum absolute atomic E-state index is 5.96. The van der Waals surface area contributed by atoms with Gasteiger partial charge in [0, 0.05) is 22.7 Å². The smallest absolute Gasteiger partial charge is 0.169 e. The van der Waals surface area contributed by atoms with E-state index in [9.17, 15) is 0 Å². The van der Waals surface area contributed by atoms with E-state index in [0.717, 1.165) is 41.5 Å². The highest BCUT2D eigenvalue weighted by atomic mass is 35.5. The van der Waals surface area contributed by atoms with E-state index in [1.54, 1.807) is 7.11 Å². The number of alkyl halides is 1. The van der Waals surface area contributed by atoms with Gasteiger partial charge in [0.25, 0.3) is 0 Å². The summed E-state index contributed by atoms with van der Waals surface area (Å²) in [5.41, 5.74) is 0. The molecule has 2 aromatic carbocycles. The van der Waals surface area contributed by atoms with Crippen LogP contribution in [0.1, 0.15) is 26.2 Å². The molecule has 0 aliphatic rings. The van der Waals surface area contributed by atoms with Gasteiger partial charge in [-0.1, -0.05) is 24.3 Å². The first kappa shape index (κ1) is 16.8. The Morgan fingerprint density at radius 2 is 1.73 bits per heavy atom. The monoisotopic (exact) mass is 322 g/mol. The van der Waals surface area contributed by atoms with Crippen molar-refractivity contribution < 1.29 is 14.2 Å². The van der Waals surface area contributed by atoms with Crippen LogP contribution in [0.3, 0.4) is 0 Å². The van der Waals surface area contributed by atoms with Crippen LogP contribution in [0.25, 0.3) is 10.8 Å². The van der Waals surface area contributed by atoms with Crippen LogP contribution < -0.4 is 14.2 Å². The molecule has 0 radical (unpaired) electrons. The van der Waals surface area contributed by atoms with Crippen LogP contribution in [-0.4, -0.2) is 26.2 Å². The van der Waals surface area contributed by atoms with Crippen LogP contribution in [0.4, 0.5) is 0 Å². The lowest BCUT2D eigenvalue weighted by Crippen LogP contribution is -2.01. The summed E-state index contributed by atoms with van der Waals surface area (Å²) in [6, 6.07) is 9.99. The molecule has 0 aromatic heterocycles. The molecular formula is C18H23ClO3. The molecule has 0 aliphatic carbocycles. The van der Waals surface area contributed by atoms with Crippen LogP contribution in [0.2, 0.25) is 0 Å². The summed E-state index contributed by atoms with van der Waals surface area (Å²) in [5.74, 6) is 3.02. The molecule has 2 aromatic rings. The Hall–Kier alpha value is -1.61. The zero-order valence-electron chi connectivity index (χ0n) is 13.2. The molecule has 0 N–H and O–H groups in total. The SMILES string of the molecule is CCOc1c(OC)cc(OCCCCCCl)c2ccccc12. The van der Waals surface area contributed by atoms with Crippen molar-refractivity contribution in [1.29, 1.82) is 0 Å². The first-order chi connectivity index (χ1) is 10.8. The maximum Gasteiger partial charge on any atom is 0.169 e. The first-order valence-electron chi connectivity index (χ1n) is 7.73.